The third-order valence-corrected chi connectivity index (χ3v) is 2.99. The summed E-state index contributed by atoms with van der Waals surface area (Å²) in [7, 11) is 0. The smallest absolute Gasteiger partial charge is 0.253 e. The van der Waals surface area contributed by atoms with E-state index >= 15 is 0 Å². The Morgan fingerprint density at radius 2 is 2.24 bits per heavy atom. The number of rotatable bonds is 3. The van der Waals surface area contributed by atoms with Crippen LogP contribution in [0.3, 0.4) is 0 Å². The molecule has 0 saturated carbocycles. The lowest BCUT2D eigenvalue weighted by molar-refractivity contribution is 0.0950. The first-order valence-corrected chi connectivity index (χ1v) is 5.64. The third-order valence-electron chi connectivity index (χ3n) is 2.17. The van der Waals surface area contributed by atoms with Crippen LogP contribution in [-0.4, -0.2) is 15.9 Å². The molecule has 0 aliphatic carbocycles. The van der Waals surface area contributed by atoms with Crippen LogP contribution in [0.25, 0.3) is 0 Å². The maximum absolute atomic E-state index is 11.8. The molecule has 0 bridgehead atoms. The summed E-state index contributed by atoms with van der Waals surface area (Å²) >= 11 is 11.8. The number of benzene rings is 1. The van der Waals surface area contributed by atoms with Gasteiger partial charge in [0.25, 0.3) is 5.91 Å². The number of nitrogens with zero attached hydrogens (tertiary/aromatic N) is 1. The van der Waals surface area contributed by atoms with Crippen LogP contribution in [0.4, 0.5) is 0 Å². The number of hydrogen-bond donors (Lipinski definition) is 2. The Bertz CT molecular complexity index is 526. The van der Waals surface area contributed by atoms with Crippen LogP contribution >= 0.6 is 23.2 Å². The van der Waals surface area contributed by atoms with Crippen LogP contribution in [0.15, 0.2) is 30.6 Å². The number of imidazole rings is 1. The van der Waals surface area contributed by atoms with E-state index in [-0.39, 0.29) is 10.9 Å². The van der Waals surface area contributed by atoms with Crippen molar-refractivity contribution in [1.29, 1.82) is 0 Å². The molecule has 88 valence electrons. The van der Waals surface area contributed by atoms with E-state index in [1.54, 1.807) is 30.6 Å². The lowest BCUT2D eigenvalue weighted by Gasteiger charge is -2.06. The molecule has 2 aromatic rings. The second-order valence-electron chi connectivity index (χ2n) is 3.32. The van der Waals surface area contributed by atoms with E-state index in [1.807, 2.05) is 0 Å². The molecule has 2 N–H and O–H groups in total. The summed E-state index contributed by atoms with van der Waals surface area (Å²) in [6.07, 6.45) is 3.31. The van der Waals surface area contributed by atoms with Crippen LogP contribution in [0, 0.1) is 0 Å². The predicted molar refractivity (Wildman–Crippen MR) is 66.2 cm³/mol. The van der Waals surface area contributed by atoms with E-state index in [9.17, 15) is 4.79 Å². The monoisotopic (exact) mass is 269 g/mol. The number of aromatic nitrogens is 2. The van der Waals surface area contributed by atoms with Crippen LogP contribution in [0.2, 0.25) is 10.0 Å². The average Bonchev–Trinajstić information content (AvgIpc) is 2.82. The highest BCUT2D eigenvalue weighted by atomic mass is 35.5. The van der Waals surface area contributed by atoms with Crippen molar-refractivity contribution in [2.75, 3.05) is 0 Å². The topological polar surface area (TPSA) is 57.8 Å². The Balaban J connectivity index is 2.07. The predicted octanol–water partition coefficient (Wildman–Crippen LogP) is 2.65. The summed E-state index contributed by atoms with van der Waals surface area (Å²) in [6.45, 7) is 0.314. The van der Waals surface area contributed by atoms with Crippen LogP contribution in [-0.2, 0) is 6.54 Å². The molecule has 2 rings (SSSR count). The first-order valence-electron chi connectivity index (χ1n) is 4.89. The van der Waals surface area contributed by atoms with Crippen molar-refractivity contribution >= 4 is 29.1 Å². The van der Waals surface area contributed by atoms with Gasteiger partial charge >= 0.3 is 0 Å². The molecule has 4 nitrogen and oxygen atoms in total. The van der Waals surface area contributed by atoms with Crippen molar-refractivity contribution < 1.29 is 4.79 Å². The molecule has 1 aromatic carbocycles. The first-order chi connectivity index (χ1) is 8.18. The zero-order valence-corrected chi connectivity index (χ0v) is 10.2. The summed E-state index contributed by atoms with van der Waals surface area (Å²) in [5.74, 6) is 0.394. The SMILES string of the molecule is O=C(NCc1ncc[nH]1)c1cccc(Cl)c1Cl. The number of nitrogens with one attached hydrogen (secondary N) is 2. The van der Waals surface area contributed by atoms with Gasteiger partial charge in [0.2, 0.25) is 0 Å². The Hall–Kier alpha value is -1.52. The quantitative estimate of drug-likeness (QED) is 0.900. The highest BCUT2D eigenvalue weighted by Gasteiger charge is 2.12. The average molecular weight is 270 g/mol. The third kappa shape index (κ3) is 2.78. The number of halogens is 2. The molecule has 6 heteroatoms. The van der Waals surface area contributed by atoms with E-state index in [2.05, 4.69) is 15.3 Å². The summed E-state index contributed by atoms with van der Waals surface area (Å²) in [4.78, 5) is 18.7. The molecule has 0 radical (unpaired) electrons. The molecule has 1 amide bonds. The number of hydrogen-bond acceptors (Lipinski definition) is 2. The lowest BCUT2D eigenvalue weighted by Crippen LogP contribution is -2.23. The number of carbonyl (C=O) groups is 1. The normalized spacial score (nSPS) is 10.2. The molecular weight excluding hydrogens is 261 g/mol. The van der Waals surface area contributed by atoms with Crippen molar-refractivity contribution in [1.82, 2.24) is 15.3 Å². The Morgan fingerprint density at radius 3 is 2.94 bits per heavy atom. The van der Waals surface area contributed by atoms with Crippen molar-refractivity contribution in [3.05, 3.63) is 52.0 Å². The van der Waals surface area contributed by atoms with Crippen molar-refractivity contribution in [2.45, 2.75) is 6.54 Å². The zero-order valence-electron chi connectivity index (χ0n) is 8.71. The minimum Gasteiger partial charge on any atom is -0.347 e. The fraction of sp³-hybridized carbons (Fsp3) is 0.0909. The van der Waals surface area contributed by atoms with Gasteiger partial charge in [0.15, 0.2) is 0 Å². The van der Waals surface area contributed by atoms with Gasteiger partial charge in [-0.2, -0.15) is 0 Å². The second kappa shape index (κ2) is 5.21. The van der Waals surface area contributed by atoms with Crippen LogP contribution in [0.5, 0.6) is 0 Å². The van der Waals surface area contributed by atoms with Crippen LogP contribution < -0.4 is 5.32 Å². The zero-order chi connectivity index (χ0) is 12.3. The Labute approximate surface area is 108 Å². The minimum atomic E-state index is -0.283. The molecule has 0 spiro atoms. The maximum atomic E-state index is 11.8. The minimum absolute atomic E-state index is 0.256. The summed E-state index contributed by atoms with van der Waals surface area (Å²) in [5, 5.41) is 3.31. The van der Waals surface area contributed by atoms with Gasteiger partial charge in [-0.1, -0.05) is 29.3 Å². The number of aromatic amines is 1. The molecule has 0 fully saturated rings. The summed E-state index contributed by atoms with van der Waals surface area (Å²) < 4.78 is 0. The maximum Gasteiger partial charge on any atom is 0.253 e. The van der Waals surface area contributed by atoms with Gasteiger partial charge in [0.05, 0.1) is 22.2 Å². The fourth-order valence-electron chi connectivity index (χ4n) is 1.33. The van der Waals surface area contributed by atoms with Crippen molar-refractivity contribution in [3.63, 3.8) is 0 Å². The molecule has 1 aromatic heterocycles. The number of H-pyrrole nitrogens is 1. The van der Waals surface area contributed by atoms with Gasteiger partial charge in [0.1, 0.15) is 5.82 Å². The van der Waals surface area contributed by atoms with Gasteiger partial charge in [0, 0.05) is 12.4 Å². The van der Waals surface area contributed by atoms with E-state index in [1.165, 1.54) is 0 Å². The summed E-state index contributed by atoms with van der Waals surface area (Å²) in [5.41, 5.74) is 0.353. The molecule has 0 saturated heterocycles. The van der Waals surface area contributed by atoms with Crippen LogP contribution in [0.1, 0.15) is 16.2 Å². The van der Waals surface area contributed by atoms with E-state index in [0.717, 1.165) is 0 Å². The van der Waals surface area contributed by atoms with Crippen molar-refractivity contribution in [3.8, 4) is 0 Å². The van der Waals surface area contributed by atoms with E-state index in [4.69, 9.17) is 23.2 Å². The lowest BCUT2D eigenvalue weighted by atomic mass is 10.2. The van der Waals surface area contributed by atoms with Gasteiger partial charge in [-0.05, 0) is 12.1 Å². The highest BCUT2D eigenvalue weighted by Crippen LogP contribution is 2.25. The Morgan fingerprint density at radius 1 is 1.41 bits per heavy atom. The summed E-state index contributed by atoms with van der Waals surface area (Å²) in [6, 6.07) is 4.93. The second-order valence-corrected chi connectivity index (χ2v) is 4.11. The molecule has 0 aliphatic heterocycles. The molecule has 0 aliphatic rings. The van der Waals surface area contributed by atoms with Gasteiger partial charge in [-0.3, -0.25) is 4.79 Å². The Kier molecular flexibility index (Phi) is 3.66. The molecule has 17 heavy (non-hydrogen) atoms. The largest absolute Gasteiger partial charge is 0.347 e. The standard InChI is InChI=1S/C11H9Cl2N3O/c12-8-3-1-2-7(10(8)13)11(17)16-6-9-14-4-5-15-9/h1-5H,6H2,(H,14,15)(H,16,17). The first kappa shape index (κ1) is 12.0. The fourth-order valence-corrected chi connectivity index (χ4v) is 1.72. The van der Waals surface area contributed by atoms with E-state index < -0.39 is 0 Å². The van der Waals surface area contributed by atoms with Crippen molar-refractivity contribution in [2.24, 2.45) is 0 Å². The highest BCUT2D eigenvalue weighted by molar-refractivity contribution is 6.43. The molecular formula is C11H9Cl2N3O. The number of amides is 1. The molecule has 0 unspecified atom stereocenters. The van der Waals surface area contributed by atoms with Gasteiger partial charge < -0.3 is 10.3 Å². The van der Waals surface area contributed by atoms with Gasteiger partial charge in [-0.15, -0.1) is 0 Å². The number of carbonyl (C=O) groups excluding carboxylic acids is 1. The molecule has 1 heterocycles. The van der Waals surface area contributed by atoms with Gasteiger partial charge in [-0.25, -0.2) is 4.98 Å². The molecule has 0 atom stereocenters. The van der Waals surface area contributed by atoms with E-state index in [0.29, 0.717) is 23.0 Å².